The molecular weight excluding hydrogens is 264 g/mol. The van der Waals surface area contributed by atoms with Crippen LogP contribution in [-0.2, 0) is 6.54 Å². The number of carbonyl (C=O) groups excluding carboxylic acids is 1. The van der Waals surface area contributed by atoms with Crippen LogP contribution in [0.5, 0.6) is 5.88 Å². The summed E-state index contributed by atoms with van der Waals surface area (Å²) in [5.74, 6) is 0.0935. The quantitative estimate of drug-likeness (QED) is 0.934. The first-order chi connectivity index (χ1) is 9.20. The number of ether oxygens (including phenoxy) is 1. The highest BCUT2D eigenvalue weighted by Gasteiger charge is 2.11. The third-order valence-electron chi connectivity index (χ3n) is 2.58. The zero-order chi connectivity index (χ0) is 13.7. The highest BCUT2D eigenvalue weighted by molar-refractivity contribution is 6.30. The van der Waals surface area contributed by atoms with Gasteiger partial charge in [0.05, 0.1) is 7.11 Å². The molecule has 19 heavy (non-hydrogen) atoms. The van der Waals surface area contributed by atoms with Gasteiger partial charge >= 0.3 is 0 Å². The van der Waals surface area contributed by atoms with Gasteiger partial charge in [-0.3, -0.25) is 4.79 Å². The predicted molar refractivity (Wildman–Crippen MR) is 73.4 cm³/mol. The highest BCUT2D eigenvalue weighted by atomic mass is 35.5. The maximum absolute atomic E-state index is 12.0. The van der Waals surface area contributed by atoms with Gasteiger partial charge in [-0.2, -0.15) is 0 Å². The molecule has 0 radical (unpaired) electrons. The maximum Gasteiger partial charge on any atom is 0.257 e. The van der Waals surface area contributed by atoms with E-state index >= 15 is 0 Å². The Morgan fingerprint density at radius 2 is 2.05 bits per heavy atom. The molecule has 0 bridgehead atoms. The summed E-state index contributed by atoms with van der Waals surface area (Å²) in [4.78, 5) is 16.0. The number of nitrogens with zero attached hydrogens (tertiary/aromatic N) is 1. The molecule has 98 valence electrons. The number of amides is 1. The molecular formula is C14H13ClN2O2. The fourth-order valence-electron chi connectivity index (χ4n) is 1.61. The number of benzene rings is 1. The summed E-state index contributed by atoms with van der Waals surface area (Å²) >= 11 is 5.80. The van der Waals surface area contributed by atoms with E-state index in [4.69, 9.17) is 16.3 Å². The summed E-state index contributed by atoms with van der Waals surface area (Å²) in [5.41, 5.74) is 1.39. The minimum atomic E-state index is -0.222. The van der Waals surface area contributed by atoms with Crippen molar-refractivity contribution in [2.45, 2.75) is 6.54 Å². The van der Waals surface area contributed by atoms with Gasteiger partial charge < -0.3 is 10.1 Å². The molecule has 2 rings (SSSR count). The Bertz CT molecular complexity index is 570. The van der Waals surface area contributed by atoms with E-state index < -0.39 is 0 Å². The van der Waals surface area contributed by atoms with Crippen molar-refractivity contribution in [2.24, 2.45) is 0 Å². The lowest BCUT2D eigenvalue weighted by atomic mass is 10.2. The molecule has 0 saturated heterocycles. The van der Waals surface area contributed by atoms with Gasteiger partial charge in [-0.05, 0) is 29.8 Å². The van der Waals surface area contributed by atoms with Crippen LogP contribution in [0.3, 0.4) is 0 Å². The molecule has 0 saturated carbocycles. The lowest BCUT2D eigenvalue weighted by Gasteiger charge is -2.08. The third-order valence-corrected chi connectivity index (χ3v) is 2.83. The smallest absolute Gasteiger partial charge is 0.257 e. The van der Waals surface area contributed by atoms with Gasteiger partial charge in [0.1, 0.15) is 5.56 Å². The molecule has 0 aliphatic heterocycles. The van der Waals surface area contributed by atoms with Crippen molar-refractivity contribution in [2.75, 3.05) is 7.11 Å². The lowest BCUT2D eigenvalue weighted by Crippen LogP contribution is -2.23. The predicted octanol–water partition coefficient (Wildman–Crippen LogP) is 2.67. The van der Waals surface area contributed by atoms with Gasteiger partial charge in [0.2, 0.25) is 5.88 Å². The molecule has 0 unspecified atom stereocenters. The number of halogens is 1. The number of aromatic nitrogens is 1. The van der Waals surface area contributed by atoms with Crippen LogP contribution in [0.4, 0.5) is 0 Å². The molecule has 1 heterocycles. The van der Waals surface area contributed by atoms with Crippen LogP contribution >= 0.6 is 11.6 Å². The summed E-state index contributed by atoms with van der Waals surface area (Å²) in [6.07, 6.45) is 1.58. The normalized spacial score (nSPS) is 10.0. The van der Waals surface area contributed by atoms with E-state index in [-0.39, 0.29) is 5.91 Å². The molecule has 2 aromatic rings. The van der Waals surface area contributed by atoms with Crippen LogP contribution in [0.1, 0.15) is 15.9 Å². The van der Waals surface area contributed by atoms with E-state index in [1.54, 1.807) is 30.5 Å². The minimum Gasteiger partial charge on any atom is -0.480 e. The molecule has 1 aromatic carbocycles. The Morgan fingerprint density at radius 1 is 1.32 bits per heavy atom. The summed E-state index contributed by atoms with van der Waals surface area (Å²) in [5, 5.41) is 3.48. The van der Waals surface area contributed by atoms with Crippen molar-refractivity contribution in [3.63, 3.8) is 0 Å². The Morgan fingerprint density at radius 3 is 2.74 bits per heavy atom. The largest absolute Gasteiger partial charge is 0.480 e. The van der Waals surface area contributed by atoms with Crippen molar-refractivity contribution in [3.8, 4) is 5.88 Å². The second-order valence-corrected chi connectivity index (χ2v) is 4.31. The molecule has 0 atom stereocenters. The third kappa shape index (κ3) is 3.45. The Balaban J connectivity index is 2.03. The van der Waals surface area contributed by atoms with Crippen LogP contribution < -0.4 is 10.1 Å². The summed E-state index contributed by atoms with van der Waals surface area (Å²) < 4.78 is 5.04. The zero-order valence-corrected chi connectivity index (χ0v) is 11.1. The average molecular weight is 277 g/mol. The number of hydrogen-bond donors (Lipinski definition) is 1. The fraction of sp³-hybridized carbons (Fsp3) is 0.143. The zero-order valence-electron chi connectivity index (χ0n) is 10.4. The topological polar surface area (TPSA) is 51.2 Å². The molecule has 1 amide bonds. The minimum absolute atomic E-state index is 0.222. The first-order valence-corrected chi connectivity index (χ1v) is 6.10. The van der Waals surface area contributed by atoms with Crippen molar-refractivity contribution in [1.82, 2.24) is 10.3 Å². The lowest BCUT2D eigenvalue weighted by molar-refractivity contribution is 0.0947. The summed E-state index contributed by atoms with van der Waals surface area (Å²) in [6, 6.07) is 10.7. The van der Waals surface area contributed by atoms with Gasteiger partial charge in [0, 0.05) is 17.8 Å². The fourth-order valence-corrected chi connectivity index (χ4v) is 1.73. The van der Waals surface area contributed by atoms with E-state index in [9.17, 15) is 4.79 Å². The van der Waals surface area contributed by atoms with Crippen molar-refractivity contribution in [1.29, 1.82) is 0 Å². The number of methoxy groups -OCH3 is 1. The Hall–Kier alpha value is -2.07. The molecule has 4 nitrogen and oxygen atoms in total. The van der Waals surface area contributed by atoms with E-state index in [2.05, 4.69) is 10.3 Å². The molecule has 0 aliphatic rings. The molecule has 1 aromatic heterocycles. The van der Waals surface area contributed by atoms with E-state index in [1.165, 1.54) is 7.11 Å². The van der Waals surface area contributed by atoms with Crippen LogP contribution in [0.2, 0.25) is 5.02 Å². The van der Waals surface area contributed by atoms with Gasteiger partial charge in [0.15, 0.2) is 0 Å². The van der Waals surface area contributed by atoms with Crippen molar-refractivity contribution < 1.29 is 9.53 Å². The molecule has 5 heteroatoms. The highest BCUT2D eigenvalue weighted by Crippen LogP contribution is 2.14. The Kier molecular flexibility index (Phi) is 4.36. The van der Waals surface area contributed by atoms with E-state index in [0.717, 1.165) is 5.56 Å². The number of rotatable bonds is 4. The molecule has 0 spiro atoms. The van der Waals surface area contributed by atoms with Gasteiger partial charge in [-0.25, -0.2) is 4.98 Å². The average Bonchev–Trinajstić information content (AvgIpc) is 2.46. The number of hydrogen-bond acceptors (Lipinski definition) is 3. The van der Waals surface area contributed by atoms with Gasteiger partial charge in [-0.15, -0.1) is 0 Å². The first kappa shape index (κ1) is 13.4. The maximum atomic E-state index is 12.0. The number of carbonyl (C=O) groups is 1. The summed E-state index contributed by atoms with van der Waals surface area (Å²) in [7, 11) is 1.48. The standard InChI is InChI=1S/C14H13ClN2O2/c1-19-14-12(3-2-8-16-14)13(18)17-9-10-4-6-11(15)7-5-10/h2-8H,9H2,1H3,(H,17,18). The molecule has 1 N–H and O–H groups in total. The second-order valence-electron chi connectivity index (χ2n) is 3.87. The molecule has 0 fully saturated rings. The number of nitrogens with one attached hydrogen (secondary N) is 1. The second kappa shape index (κ2) is 6.20. The monoisotopic (exact) mass is 276 g/mol. The van der Waals surface area contributed by atoms with Crippen LogP contribution in [0.15, 0.2) is 42.6 Å². The van der Waals surface area contributed by atoms with Crippen molar-refractivity contribution in [3.05, 3.63) is 58.7 Å². The Labute approximate surface area is 116 Å². The number of pyridine rings is 1. The van der Waals surface area contributed by atoms with Crippen LogP contribution in [0, 0.1) is 0 Å². The molecule has 0 aliphatic carbocycles. The first-order valence-electron chi connectivity index (χ1n) is 5.72. The van der Waals surface area contributed by atoms with Crippen LogP contribution in [0.25, 0.3) is 0 Å². The van der Waals surface area contributed by atoms with Crippen molar-refractivity contribution >= 4 is 17.5 Å². The van der Waals surface area contributed by atoms with Crippen LogP contribution in [-0.4, -0.2) is 18.0 Å². The van der Waals surface area contributed by atoms with E-state index in [1.807, 2.05) is 12.1 Å². The summed E-state index contributed by atoms with van der Waals surface area (Å²) in [6.45, 7) is 0.425. The SMILES string of the molecule is COc1ncccc1C(=O)NCc1ccc(Cl)cc1. The van der Waals surface area contributed by atoms with Gasteiger partial charge in [0.25, 0.3) is 5.91 Å². The van der Waals surface area contributed by atoms with E-state index in [0.29, 0.717) is 23.0 Å². The van der Waals surface area contributed by atoms with Gasteiger partial charge in [-0.1, -0.05) is 23.7 Å².